The summed E-state index contributed by atoms with van der Waals surface area (Å²) < 4.78 is 0. The minimum atomic E-state index is -0.521. The molecule has 0 atom stereocenters. The van der Waals surface area contributed by atoms with E-state index in [9.17, 15) is 10.1 Å². The van der Waals surface area contributed by atoms with Crippen LogP contribution >= 0.6 is 35.0 Å². The quantitative estimate of drug-likeness (QED) is 0.489. The van der Waals surface area contributed by atoms with Crippen LogP contribution < -0.4 is 0 Å². The summed E-state index contributed by atoms with van der Waals surface area (Å²) >= 11 is 12.6. The van der Waals surface area contributed by atoms with Gasteiger partial charge in [0.25, 0.3) is 5.69 Å². The van der Waals surface area contributed by atoms with E-state index >= 15 is 0 Å². The first-order chi connectivity index (χ1) is 8.54. The monoisotopic (exact) mass is 301 g/mol. The molecule has 5 nitrogen and oxygen atoms in total. The lowest BCUT2D eigenvalue weighted by molar-refractivity contribution is -0.385. The molecule has 0 unspecified atom stereocenters. The van der Waals surface area contributed by atoms with Gasteiger partial charge in [-0.3, -0.25) is 10.1 Å². The summed E-state index contributed by atoms with van der Waals surface area (Å²) in [4.78, 5) is 18.2. The van der Waals surface area contributed by atoms with Crippen molar-refractivity contribution in [3.05, 3.63) is 50.8 Å². The van der Waals surface area contributed by atoms with Gasteiger partial charge in [0, 0.05) is 12.3 Å². The number of nitrogens with zero attached hydrogens (tertiary/aromatic N) is 3. The predicted molar refractivity (Wildman–Crippen MR) is 69.3 cm³/mol. The Bertz CT molecular complexity index is 592. The maximum Gasteiger partial charge on any atom is 0.275 e. The largest absolute Gasteiger partial charge is 0.275 e. The Hall–Kier alpha value is -1.37. The fourth-order valence-electron chi connectivity index (χ4n) is 1.15. The van der Waals surface area contributed by atoms with Gasteiger partial charge < -0.3 is 0 Å². The highest BCUT2D eigenvalue weighted by Crippen LogP contribution is 2.29. The van der Waals surface area contributed by atoms with Gasteiger partial charge in [-0.25, -0.2) is 9.97 Å². The van der Waals surface area contributed by atoms with Gasteiger partial charge in [0.15, 0.2) is 0 Å². The molecule has 0 radical (unpaired) electrons. The molecule has 92 valence electrons. The van der Waals surface area contributed by atoms with E-state index in [1.54, 1.807) is 12.1 Å². The number of halogens is 2. The maximum absolute atomic E-state index is 10.7. The van der Waals surface area contributed by atoms with Crippen molar-refractivity contribution in [3.8, 4) is 0 Å². The second kappa shape index (κ2) is 5.51. The first-order valence-electron chi connectivity index (χ1n) is 4.66. The molecule has 8 heteroatoms. The third-order valence-corrected chi connectivity index (χ3v) is 3.16. The van der Waals surface area contributed by atoms with Crippen LogP contribution in [0.4, 0.5) is 5.69 Å². The number of rotatable bonds is 3. The summed E-state index contributed by atoms with van der Waals surface area (Å²) in [7, 11) is 0. The summed E-state index contributed by atoms with van der Waals surface area (Å²) in [5.41, 5.74) is -0.105. The van der Waals surface area contributed by atoms with Gasteiger partial charge in [-0.15, -0.1) is 0 Å². The fourth-order valence-corrected chi connectivity index (χ4v) is 2.29. The van der Waals surface area contributed by atoms with E-state index in [2.05, 4.69) is 9.97 Å². The molecule has 18 heavy (non-hydrogen) atoms. The number of pyridine rings is 2. The first kappa shape index (κ1) is 13.1. The van der Waals surface area contributed by atoms with E-state index in [4.69, 9.17) is 23.2 Å². The highest BCUT2D eigenvalue weighted by atomic mass is 35.5. The molecule has 0 aliphatic rings. The SMILES string of the molecule is O=[N+]([O-])c1cc(Cl)nc(Sc2ccc(Cl)cn2)c1. The van der Waals surface area contributed by atoms with Crippen LogP contribution in [0.15, 0.2) is 40.5 Å². The Morgan fingerprint density at radius 3 is 2.61 bits per heavy atom. The van der Waals surface area contributed by atoms with Crippen LogP contribution in [-0.4, -0.2) is 14.9 Å². The van der Waals surface area contributed by atoms with E-state index in [1.807, 2.05) is 0 Å². The predicted octanol–water partition coefficient (Wildman–Crippen LogP) is 3.84. The molecule has 0 spiro atoms. The van der Waals surface area contributed by atoms with E-state index < -0.39 is 4.92 Å². The van der Waals surface area contributed by atoms with Crippen molar-refractivity contribution < 1.29 is 4.92 Å². The molecule has 0 aliphatic carbocycles. The Balaban J connectivity index is 2.28. The molecule has 0 fully saturated rings. The lowest BCUT2D eigenvalue weighted by Crippen LogP contribution is -1.91. The Labute approximate surface area is 116 Å². The molecular formula is C10H5Cl2N3O2S. The van der Waals surface area contributed by atoms with E-state index in [0.717, 1.165) is 0 Å². The molecule has 0 amide bonds. The van der Waals surface area contributed by atoms with Crippen LogP contribution in [0.1, 0.15) is 0 Å². The van der Waals surface area contributed by atoms with Crippen molar-refractivity contribution in [3.63, 3.8) is 0 Å². The zero-order chi connectivity index (χ0) is 13.1. The molecule has 2 aromatic rings. The van der Waals surface area contributed by atoms with Gasteiger partial charge in [0.2, 0.25) is 0 Å². The third kappa shape index (κ3) is 3.32. The van der Waals surface area contributed by atoms with Crippen molar-refractivity contribution >= 4 is 40.7 Å². The summed E-state index contributed by atoms with van der Waals surface area (Å²) in [6, 6.07) is 5.91. The molecule has 0 saturated carbocycles. The zero-order valence-corrected chi connectivity index (χ0v) is 11.0. The molecule has 2 rings (SSSR count). The molecule has 0 N–H and O–H groups in total. The standard InChI is InChI=1S/C10H5Cl2N3O2S/c11-6-1-2-9(13-5-6)18-10-4-7(15(16)17)3-8(12)14-10/h1-5H. The lowest BCUT2D eigenvalue weighted by atomic mass is 10.4. The maximum atomic E-state index is 10.7. The smallest absolute Gasteiger partial charge is 0.258 e. The second-order valence-electron chi connectivity index (χ2n) is 3.16. The molecule has 0 bridgehead atoms. The minimum Gasteiger partial charge on any atom is -0.258 e. The van der Waals surface area contributed by atoms with Crippen molar-refractivity contribution in [2.24, 2.45) is 0 Å². The highest BCUT2D eigenvalue weighted by Gasteiger charge is 2.11. The second-order valence-corrected chi connectivity index (χ2v) is 5.02. The summed E-state index contributed by atoms with van der Waals surface area (Å²) in [5.74, 6) is 0. The van der Waals surface area contributed by atoms with Gasteiger partial charge in [-0.2, -0.15) is 0 Å². The average molecular weight is 302 g/mol. The number of hydrogen-bond acceptors (Lipinski definition) is 5. The van der Waals surface area contributed by atoms with Crippen molar-refractivity contribution in [2.75, 3.05) is 0 Å². The molecule has 0 aliphatic heterocycles. The Morgan fingerprint density at radius 1 is 1.22 bits per heavy atom. The third-order valence-electron chi connectivity index (χ3n) is 1.88. The van der Waals surface area contributed by atoms with Gasteiger partial charge in [-0.05, 0) is 23.9 Å². The molecule has 2 aromatic heterocycles. The first-order valence-corrected chi connectivity index (χ1v) is 6.23. The van der Waals surface area contributed by atoms with Gasteiger partial charge in [0.1, 0.15) is 15.2 Å². The number of nitro groups is 1. The minimum absolute atomic E-state index is 0.0701. The van der Waals surface area contributed by atoms with Gasteiger partial charge >= 0.3 is 0 Å². The van der Waals surface area contributed by atoms with Crippen LogP contribution in [0.3, 0.4) is 0 Å². The zero-order valence-electron chi connectivity index (χ0n) is 8.71. The van der Waals surface area contributed by atoms with E-state index in [0.29, 0.717) is 15.1 Å². The van der Waals surface area contributed by atoms with Crippen molar-refractivity contribution in [2.45, 2.75) is 10.1 Å². The van der Waals surface area contributed by atoms with Crippen molar-refractivity contribution in [1.82, 2.24) is 9.97 Å². The summed E-state index contributed by atoms with van der Waals surface area (Å²) in [5, 5.41) is 12.3. The lowest BCUT2D eigenvalue weighted by Gasteiger charge is -2.01. The molecule has 2 heterocycles. The van der Waals surface area contributed by atoms with Crippen LogP contribution in [-0.2, 0) is 0 Å². The van der Waals surface area contributed by atoms with E-state index in [1.165, 1.54) is 30.1 Å². The van der Waals surface area contributed by atoms with Crippen LogP contribution in [0, 0.1) is 10.1 Å². The fraction of sp³-hybridized carbons (Fsp3) is 0. The molecule has 0 aromatic carbocycles. The summed E-state index contributed by atoms with van der Waals surface area (Å²) in [6.07, 6.45) is 1.49. The van der Waals surface area contributed by atoms with Gasteiger partial charge in [0.05, 0.1) is 16.0 Å². The van der Waals surface area contributed by atoms with Gasteiger partial charge in [-0.1, -0.05) is 23.2 Å². The normalized spacial score (nSPS) is 10.3. The Kier molecular flexibility index (Phi) is 4.00. The molecule has 0 saturated heterocycles. The summed E-state index contributed by atoms with van der Waals surface area (Å²) in [6.45, 7) is 0. The number of aromatic nitrogens is 2. The van der Waals surface area contributed by atoms with E-state index in [-0.39, 0.29) is 10.8 Å². The van der Waals surface area contributed by atoms with Crippen molar-refractivity contribution in [1.29, 1.82) is 0 Å². The van der Waals surface area contributed by atoms with Crippen LogP contribution in [0.2, 0.25) is 10.2 Å². The topological polar surface area (TPSA) is 68.9 Å². The van der Waals surface area contributed by atoms with Crippen LogP contribution in [0.5, 0.6) is 0 Å². The van der Waals surface area contributed by atoms with Crippen LogP contribution in [0.25, 0.3) is 0 Å². The molecular weight excluding hydrogens is 297 g/mol. The highest BCUT2D eigenvalue weighted by molar-refractivity contribution is 7.99. The average Bonchev–Trinajstić information content (AvgIpc) is 2.31. The Morgan fingerprint density at radius 2 is 2.00 bits per heavy atom. The number of hydrogen-bond donors (Lipinski definition) is 0.